The van der Waals surface area contributed by atoms with E-state index in [1.54, 1.807) is 19.1 Å². The first-order valence-corrected chi connectivity index (χ1v) is 6.10. The van der Waals surface area contributed by atoms with E-state index in [0.717, 1.165) is 25.7 Å². The van der Waals surface area contributed by atoms with Crippen molar-refractivity contribution in [3.8, 4) is 0 Å². The average Bonchev–Trinajstić information content (AvgIpc) is 2.81. The third kappa shape index (κ3) is 2.12. The molecule has 1 saturated carbocycles. The summed E-state index contributed by atoms with van der Waals surface area (Å²) in [5, 5.41) is 0. The van der Waals surface area contributed by atoms with Gasteiger partial charge in [0.25, 0.3) is 0 Å². The maximum atomic E-state index is 13.5. The van der Waals surface area contributed by atoms with Crippen LogP contribution < -0.4 is 5.73 Å². The van der Waals surface area contributed by atoms with Gasteiger partial charge in [0, 0.05) is 17.5 Å². The van der Waals surface area contributed by atoms with E-state index in [9.17, 15) is 9.18 Å². The number of benzene rings is 1. The van der Waals surface area contributed by atoms with Crippen LogP contribution in [0, 0.1) is 18.2 Å². The summed E-state index contributed by atoms with van der Waals surface area (Å²) in [5.74, 6) is -0.308. The van der Waals surface area contributed by atoms with Crippen molar-refractivity contribution in [2.45, 2.75) is 32.6 Å². The molecule has 0 saturated heterocycles. The van der Waals surface area contributed by atoms with Crippen LogP contribution in [-0.4, -0.2) is 12.3 Å². The zero-order valence-electron chi connectivity index (χ0n) is 10.1. The molecular formula is C14H18FNO. The highest BCUT2D eigenvalue weighted by molar-refractivity contribution is 6.01. The smallest absolute Gasteiger partial charge is 0.170 e. The van der Waals surface area contributed by atoms with E-state index in [0.29, 0.717) is 17.7 Å². The van der Waals surface area contributed by atoms with E-state index in [1.807, 2.05) is 0 Å². The number of carbonyl (C=O) groups is 1. The molecule has 1 aromatic rings. The van der Waals surface area contributed by atoms with Gasteiger partial charge in [-0.3, -0.25) is 4.79 Å². The Morgan fingerprint density at radius 3 is 2.59 bits per heavy atom. The summed E-state index contributed by atoms with van der Waals surface area (Å²) in [7, 11) is 0. The van der Waals surface area contributed by atoms with Crippen molar-refractivity contribution >= 4 is 5.78 Å². The van der Waals surface area contributed by atoms with Crippen LogP contribution in [0.25, 0.3) is 0 Å². The lowest BCUT2D eigenvalue weighted by molar-refractivity contribution is 0.0809. The fraction of sp³-hybridized carbons (Fsp3) is 0.500. The Hall–Kier alpha value is -1.22. The SMILES string of the molecule is Cc1ccc(C(=O)C2(CN)CCCC2)cc1F. The monoisotopic (exact) mass is 235 g/mol. The second-order valence-corrected chi connectivity index (χ2v) is 4.98. The standard InChI is InChI=1S/C14H18FNO/c1-10-4-5-11(8-12(10)15)13(17)14(9-16)6-2-3-7-14/h4-5,8H,2-3,6-7,9,16H2,1H3. The van der Waals surface area contributed by atoms with Crippen LogP contribution in [0.1, 0.15) is 41.6 Å². The van der Waals surface area contributed by atoms with Crippen LogP contribution in [0.3, 0.4) is 0 Å². The zero-order valence-corrected chi connectivity index (χ0v) is 10.1. The first kappa shape index (κ1) is 12.2. The van der Waals surface area contributed by atoms with Crippen molar-refractivity contribution < 1.29 is 9.18 Å². The van der Waals surface area contributed by atoms with E-state index in [-0.39, 0.29) is 11.6 Å². The lowest BCUT2D eigenvalue weighted by atomic mass is 9.79. The number of nitrogens with two attached hydrogens (primary N) is 1. The maximum Gasteiger partial charge on any atom is 0.170 e. The van der Waals surface area contributed by atoms with Gasteiger partial charge in [0.15, 0.2) is 5.78 Å². The topological polar surface area (TPSA) is 43.1 Å². The molecule has 2 nitrogen and oxygen atoms in total. The molecule has 92 valence electrons. The van der Waals surface area contributed by atoms with E-state index in [4.69, 9.17) is 5.73 Å². The highest BCUT2D eigenvalue weighted by Crippen LogP contribution is 2.40. The number of ketones is 1. The molecule has 1 aliphatic carbocycles. The molecule has 0 bridgehead atoms. The summed E-state index contributed by atoms with van der Waals surface area (Å²) in [4.78, 5) is 12.4. The van der Waals surface area contributed by atoms with Crippen molar-refractivity contribution in [2.75, 3.05) is 6.54 Å². The minimum atomic E-state index is -0.443. The van der Waals surface area contributed by atoms with Crippen LogP contribution in [-0.2, 0) is 0 Å². The quantitative estimate of drug-likeness (QED) is 0.819. The third-order valence-electron chi connectivity index (χ3n) is 3.87. The summed E-state index contributed by atoms with van der Waals surface area (Å²) in [5.41, 5.74) is 6.34. The van der Waals surface area contributed by atoms with Gasteiger partial charge in [-0.1, -0.05) is 25.0 Å². The first-order valence-electron chi connectivity index (χ1n) is 6.10. The molecule has 2 N–H and O–H groups in total. The van der Waals surface area contributed by atoms with Crippen molar-refractivity contribution in [3.63, 3.8) is 0 Å². The zero-order chi connectivity index (χ0) is 12.5. The lowest BCUT2D eigenvalue weighted by Gasteiger charge is -2.25. The maximum absolute atomic E-state index is 13.5. The molecule has 0 heterocycles. The van der Waals surface area contributed by atoms with Crippen molar-refractivity contribution in [1.82, 2.24) is 0 Å². The number of carbonyl (C=O) groups excluding carboxylic acids is 1. The van der Waals surface area contributed by atoms with Gasteiger partial charge in [-0.25, -0.2) is 4.39 Å². The van der Waals surface area contributed by atoms with Gasteiger partial charge in [-0.2, -0.15) is 0 Å². The molecule has 3 heteroatoms. The van der Waals surface area contributed by atoms with Gasteiger partial charge in [-0.05, 0) is 31.4 Å². The number of aryl methyl sites for hydroxylation is 1. The van der Waals surface area contributed by atoms with Crippen molar-refractivity contribution in [1.29, 1.82) is 0 Å². The highest BCUT2D eigenvalue weighted by atomic mass is 19.1. The predicted molar refractivity (Wildman–Crippen MR) is 65.4 cm³/mol. The third-order valence-corrected chi connectivity index (χ3v) is 3.87. The summed E-state index contributed by atoms with van der Waals surface area (Å²) >= 11 is 0. The Morgan fingerprint density at radius 1 is 1.41 bits per heavy atom. The van der Waals surface area contributed by atoms with Crippen LogP contribution in [0.5, 0.6) is 0 Å². The molecule has 0 radical (unpaired) electrons. The van der Waals surface area contributed by atoms with Crippen LogP contribution in [0.4, 0.5) is 4.39 Å². The van der Waals surface area contributed by atoms with Gasteiger partial charge in [0.1, 0.15) is 5.82 Å². The minimum Gasteiger partial charge on any atom is -0.329 e. The predicted octanol–water partition coefficient (Wildman–Crippen LogP) is 2.84. The van der Waals surface area contributed by atoms with Crippen molar-refractivity contribution in [2.24, 2.45) is 11.1 Å². The number of Topliss-reactive ketones (excluding diaryl/α,β-unsaturated/α-hetero) is 1. The summed E-state index contributed by atoms with van der Waals surface area (Å²) in [6.07, 6.45) is 3.74. The van der Waals surface area contributed by atoms with Gasteiger partial charge < -0.3 is 5.73 Å². The number of halogens is 1. The summed E-state index contributed by atoms with van der Waals surface area (Å²) in [6.45, 7) is 2.05. The van der Waals surface area contributed by atoms with Crippen molar-refractivity contribution in [3.05, 3.63) is 35.1 Å². The van der Waals surface area contributed by atoms with Gasteiger partial charge in [0.05, 0.1) is 0 Å². The fourth-order valence-corrected chi connectivity index (χ4v) is 2.62. The molecule has 0 unspecified atom stereocenters. The second-order valence-electron chi connectivity index (χ2n) is 4.98. The molecule has 0 aliphatic heterocycles. The Balaban J connectivity index is 2.32. The Kier molecular flexibility index (Phi) is 3.29. The molecule has 2 rings (SSSR count). The second kappa shape index (κ2) is 4.57. The molecule has 17 heavy (non-hydrogen) atoms. The summed E-state index contributed by atoms with van der Waals surface area (Å²) in [6, 6.07) is 4.70. The number of rotatable bonds is 3. The van der Waals surface area contributed by atoms with Crippen LogP contribution in [0.2, 0.25) is 0 Å². The van der Waals surface area contributed by atoms with E-state index >= 15 is 0 Å². The lowest BCUT2D eigenvalue weighted by Crippen LogP contribution is -2.36. The Morgan fingerprint density at radius 2 is 2.06 bits per heavy atom. The van der Waals surface area contributed by atoms with E-state index < -0.39 is 5.41 Å². The molecule has 0 spiro atoms. The molecule has 1 fully saturated rings. The van der Waals surface area contributed by atoms with E-state index in [1.165, 1.54) is 6.07 Å². The van der Waals surface area contributed by atoms with Crippen LogP contribution >= 0.6 is 0 Å². The largest absolute Gasteiger partial charge is 0.329 e. The molecular weight excluding hydrogens is 217 g/mol. The van der Waals surface area contributed by atoms with Gasteiger partial charge in [0.2, 0.25) is 0 Å². The molecule has 1 aliphatic rings. The Bertz CT molecular complexity index is 436. The molecule has 1 aromatic carbocycles. The number of hydrogen-bond acceptors (Lipinski definition) is 2. The van der Waals surface area contributed by atoms with Crippen LogP contribution in [0.15, 0.2) is 18.2 Å². The first-order chi connectivity index (χ1) is 8.09. The normalized spacial score (nSPS) is 18.3. The van der Waals surface area contributed by atoms with E-state index in [2.05, 4.69) is 0 Å². The van der Waals surface area contributed by atoms with Gasteiger partial charge >= 0.3 is 0 Å². The molecule has 0 amide bonds. The molecule has 0 aromatic heterocycles. The minimum absolute atomic E-state index is 0.0106. The Labute approximate surface area is 101 Å². The highest BCUT2D eigenvalue weighted by Gasteiger charge is 2.40. The molecule has 0 atom stereocenters. The fourth-order valence-electron chi connectivity index (χ4n) is 2.62. The van der Waals surface area contributed by atoms with Gasteiger partial charge in [-0.15, -0.1) is 0 Å². The average molecular weight is 235 g/mol. The number of hydrogen-bond donors (Lipinski definition) is 1. The summed E-state index contributed by atoms with van der Waals surface area (Å²) < 4.78 is 13.5.